The van der Waals surface area contributed by atoms with Crippen molar-refractivity contribution in [3.63, 3.8) is 0 Å². The highest BCUT2D eigenvalue weighted by Crippen LogP contribution is 2.73. The topological polar surface area (TPSA) is 35.5 Å². The van der Waals surface area contributed by atoms with Crippen LogP contribution in [0.15, 0.2) is 0 Å². The molecule has 2 spiro atoms. The molecule has 146 valence electrons. The predicted molar refractivity (Wildman–Crippen MR) is 101 cm³/mol. The third kappa shape index (κ3) is 2.05. The van der Waals surface area contributed by atoms with Crippen LogP contribution in [0.3, 0.4) is 0 Å². The summed E-state index contributed by atoms with van der Waals surface area (Å²) in [5.41, 5.74) is 0.563. The van der Waals surface area contributed by atoms with Crippen molar-refractivity contribution in [2.45, 2.75) is 97.4 Å². The Labute approximate surface area is 158 Å². The number of ether oxygens (including phenoxy) is 2. The van der Waals surface area contributed by atoms with E-state index in [0.29, 0.717) is 28.4 Å². The van der Waals surface area contributed by atoms with Crippen LogP contribution in [-0.4, -0.2) is 23.8 Å². The summed E-state index contributed by atoms with van der Waals surface area (Å²) in [7, 11) is 0. The van der Waals surface area contributed by atoms with Crippen LogP contribution in [0.1, 0.15) is 86.0 Å². The van der Waals surface area contributed by atoms with Crippen LogP contribution in [-0.2, 0) is 14.3 Å². The maximum Gasteiger partial charge on any atom is 0.163 e. The van der Waals surface area contributed by atoms with E-state index in [4.69, 9.17) is 9.47 Å². The quantitative estimate of drug-likeness (QED) is 0.601. The Bertz CT molecular complexity index is 652. The van der Waals surface area contributed by atoms with Crippen molar-refractivity contribution in [1.82, 2.24) is 0 Å². The molecular formula is C23H36O3. The lowest BCUT2D eigenvalue weighted by atomic mass is 9.41. The van der Waals surface area contributed by atoms with E-state index in [2.05, 4.69) is 34.6 Å². The van der Waals surface area contributed by atoms with Gasteiger partial charge < -0.3 is 9.47 Å². The van der Waals surface area contributed by atoms with Gasteiger partial charge >= 0.3 is 0 Å². The van der Waals surface area contributed by atoms with Crippen LogP contribution in [0, 0.1) is 34.0 Å². The lowest BCUT2D eigenvalue weighted by Gasteiger charge is -2.63. The number of carbonyl (C=O) groups is 1. The summed E-state index contributed by atoms with van der Waals surface area (Å²) in [6.07, 6.45) is 9.52. The third-order valence-electron chi connectivity index (χ3n) is 9.71. The summed E-state index contributed by atoms with van der Waals surface area (Å²) in [5.74, 6) is 2.05. The van der Waals surface area contributed by atoms with Crippen molar-refractivity contribution < 1.29 is 14.3 Å². The van der Waals surface area contributed by atoms with Crippen LogP contribution in [0.4, 0.5) is 0 Å². The van der Waals surface area contributed by atoms with Gasteiger partial charge in [0.05, 0.1) is 12.2 Å². The average molecular weight is 361 g/mol. The van der Waals surface area contributed by atoms with Gasteiger partial charge in [0.1, 0.15) is 5.78 Å². The minimum Gasteiger partial charge on any atom is -0.347 e. The predicted octanol–water partition coefficient (Wildman–Crippen LogP) is 5.12. The highest BCUT2D eigenvalue weighted by molar-refractivity contribution is 5.85. The zero-order valence-corrected chi connectivity index (χ0v) is 17.3. The minimum atomic E-state index is -0.427. The standard InChI is InChI=1S/C23H36O3/c1-19(2)16-8-11-22-12-15(23(13-22)14-25-20(3,4)26-23)6-7-17(22)21(16,5)10-9-18(19)24/h15-17H,6-14H2,1-5H3/t15-,16-,17+,21-,22-,23+/m0/s1. The normalized spacial score (nSPS) is 54.2. The van der Waals surface area contributed by atoms with E-state index in [0.717, 1.165) is 25.4 Å². The average Bonchev–Trinajstić information content (AvgIpc) is 2.97. The summed E-state index contributed by atoms with van der Waals surface area (Å²) in [6, 6.07) is 0. The first-order valence-electron chi connectivity index (χ1n) is 10.9. The minimum absolute atomic E-state index is 0.0402. The monoisotopic (exact) mass is 360 g/mol. The molecule has 0 radical (unpaired) electrons. The molecule has 4 saturated carbocycles. The maximum atomic E-state index is 12.7. The van der Waals surface area contributed by atoms with E-state index in [1.807, 2.05) is 0 Å². The summed E-state index contributed by atoms with van der Waals surface area (Å²) < 4.78 is 12.7. The molecule has 0 amide bonds. The van der Waals surface area contributed by atoms with E-state index in [1.54, 1.807) is 0 Å². The second-order valence-corrected chi connectivity index (χ2v) is 11.7. The smallest absolute Gasteiger partial charge is 0.163 e. The molecule has 3 heteroatoms. The van der Waals surface area contributed by atoms with Gasteiger partial charge in [-0.3, -0.25) is 4.79 Å². The molecule has 0 unspecified atom stereocenters. The largest absolute Gasteiger partial charge is 0.347 e. The van der Waals surface area contributed by atoms with Gasteiger partial charge in [-0.1, -0.05) is 20.8 Å². The fourth-order valence-electron chi connectivity index (χ4n) is 8.76. The van der Waals surface area contributed by atoms with Crippen molar-refractivity contribution in [1.29, 1.82) is 0 Å². The van der Waals surface area contributed by atoms with Gasteiger partial charge in [-0.15, -0.1) is 0 Å². The fourth-order valence-corrected chi connectivity index (χ4v) is 8.76. The first-order chi connectivity index (χ1) is 12.0. The number of carbonyl (C=O) groups excluding carboxylic acids is 1. The number of Topliss-reactive ketones (excluding diaryl/α,β-unsaturated/α-hetero) is 1. The van der Waals surface area contributed by atoms with E-state index < -0.39 is 5.79 Å². The Morgan fingerprint density at radius 1 is 0.962 bits per heavy atom. The van der Waals surface area contributed by atoms with E-state index in [9.17, 15) is 4.79 Å². The Balaban J connectivity index is 1.51. The first kappa shape index (κ1) is 17.7. The van der Waals surface area contributed by atoms with E-state index >= 15 is 0 Å². The van der Waals surface area contributed by atoms with E-state index in [1.165, 1.54) is 38.5 Å². The highest BCUT2D eigenvalue weighted by atomic mass is 16.8. The van der Waals surface area contributed by atoms with E-state index in [-0.39, 0.29) is 11.0 Å². The number of rotatable bonds is 0. The van der Waals surface area contributed by atoms with Crippen molar-refractivity contribution >= 4 is 5.78 Å². The van der Waals surface area contributed by atoms with Gasteiger partial charge in [0, 0.05) is 11.8 Å². The Kier molecular flexibility index (Phi) is 3.36. The highest BCUT2D eigenvalue weighted by Gasteiger charge is 2.70. The van der Waals surface area contributed by atoms with Crippen LogP contribution >= 0.6 is 0 Å². The van der Waals surface area contributed by atoms with Crippen molar-refractivity contribution in [2.75, 3.05) is 6.61 Å². The van der Waals surface area contributed by atoms with Gasteiger partial charge in [-0.25, -0.2) is 0 Å². The molecule has 0 N–H and O–H groups in total. The second kappa shape index (κ2) is 4.95. The summed E-state index contributed by atoms with van der Waals surface area (Å²) in [4.78, 5) is 12.7. The lowest BCUT2D eigenvalue weighted by Crippen LogP contribution is -2.58. The molecule has 0 aromatic heterocycles. The van der Waals surface area contributed by atoms with Gasteiger partial charge in [0.25, 0.3) is 0 Å². The van der Waals surface area contributed by atoms with Crippen molar-refractivity contribution in [2.24, 2.45) is 34.0 Å². The van der Waals surface area contributed by atoms with Crippen LogP contribution in [0.25, 0.3) is 0 Å². The first-order valence-corrected chi connectivity index (χ1v) is 10.9. The molecule has 0 aromatic rings. The molecule has 3 nitrogen and oxygen atoms in total. The van der Waals surface area contributed by atoms with Crippen LogP contribution in [0.5, 0.6) is 0 Å². The summed E-state index contributed by atoms with van der Waals surface area (Å²) in [6.45, 7) is 11.9. The molecule has 6 atom stereocenters. The molecule has 5 aliphatic rings. The molecule has 5 rings (SSSR count). The maximum absolute atomic E-state index is 12.7. The van der Waals surface area contributed by atoms with Gasteiger partial charge in [0.15, 0.2) is 5.79 Å². The molecule has 1 saturated heterocycles. The van der Waals surface area contributed by atoms with Crippen LogP contribution < -0.4 is 0 Å². The Morgan fingerprint density at radius 2 is 1.73 bits per heavy atom. The number of hydrogen-bond acceptors (Lipinski definition) is 3. The zero-order valence-electron chi connectivity index (χ0n) is 17.3. The van der Waals surface area contributed by atoms with Gasteiger partial charge in [0.2, 0.25) is 0 Å². The zero-order chi connectivity index (χ0) is 18.6. The number of hydrogen-bond donors (Lipinski definition) is 0. The molecule has 1 heterocycles. The Morgan fingerprint density at radius 3 is 2.42 bits per heavy atom. The molecule has 2 bridgehead atoms. The molecular weight excluding hydrogens is 324 g/mol. The third-order valence-corrected chi connectivity index (χ3v) is 9.71. The van der Waals surface area contributed by atoms with Crippen molar-refractivity contribution in [3.05, 3.63) is 0 Å². The lowest BCUT2D eigenvalue weighted by molar-refractivity contribution is -0.172. The van der Waals surface area contributed by atoms with Crippen LogP contribution in [0.2, 0.25) is 0 Å². The molecule has 5 fully saturated rings. The fraction of sp³-hybridized carbons (Fsp3) is 0.957. The molecule has 1 aliphatic heterocycles. The number of ketones is 1. The molecule has 4 aliphatic carbocycles. The molecule has 0 aromatic carbocycles. The SMILES string of the molecule is CC1(C)OC[C@@]2(C[C@@]34CC[C@H]5C(C)(C)C(=O)CC[C@]5(C)[C@H]3CC[C@H]2C4)O1. The summed E-state index contributed by atoms with van der Waals surface area (Å²) >= 11 is 0. The Hall–Kier alpha value is -0.410. The summed E-state index contributed by atoms with van der Waals surface area (Å²) in [5, 5.41) is 0. The van der Waals surface area contributed by atoms with Gasteiger partial charge in [-0.05, 0) is 87.4 Å². The van der Waals surface area contributed by atoms with Gasteiger partial charge in [-0.2, -0.15) is 0 Å². The molecule has 26 heavy (non-hydrogen) atoms. The van der Waals surface area contributed by atoms with Crippen molar-refractivity contribution in [3.8, 4) is 0 Å². The second-order valence-electron chi connectivity index (χ2n) is 11.7. The number of fused-ring (bicyclic) bond motifs is 4.